The van der Waals surface area contributed by atoms with Crippen molar-refractivity contribution >= 4 is 29.5 Å². The zero-order valence-electron chi connectivity index (χ0n) is 23.0. The van der Waals surface area contributed by atoms with Gasteiger partial charge in [0.15, 0.2) is 0 Å². The normalized spacial score (nSPS) is 14.7. The number of nitrogens with one attached hydrogen (secondary N) is 1. The summed E-state index contributed by atoms with van der Waals surface area (Å²) in [5.74, 6) is -1.82. The molecule has 9 nitrogen and oxygen atoms in total. The molecule has 0 unspecified atom stereocenters. The van der Waals surface area contributed by atoms with Crippen molar-refractivity contribution < 1.29 is 37.3 Å². The fraction of sp³-hybridized carbons (Fsp3) is 0.414. The van der Waals surface area contributed by atoms with Crippen LogP contribution in [-0.4, -0.2) is 67.1 Å². The van der Waals surface area contributed by atoms with Gasteiger partial charge in [-0.2, -0.15) is 13.2 Å². The Labute approximate surface area is 236 Å². The van der Waals surface area contributed by atoms with Crippen LogP contribution in [0.25, 0.3) is 6.08 Å². The van der Waals surface area contributed by atoms with E-state index in [0.29, 0.717) is 37.1 Å². The molecule has 4 N–H and O–H groups in total. The van der Waals surface area contributed by atoms with Crippen LogP contribution in [0.4, 0.5) is 18.9 Å². The van der Waals surface area contributed by atoms with Gasteiger partial charge in [-0.3, -0.25) is 15.0 Å². The average Bonchev–Trinajstić information content (AvgIpc) is 2.92. The van der Waals surface area contributed by atoms with Gasteiger partial charge in [0.05, 0.1) is 18.6 Å². The number of amides is 1. The minimum absolute atomic E-state index is 0.0340. The molecule has 222 valence electrons. The molecule has 1 aliphatic rings. The van der Waals surface area contributed by atoms with E-state index in [1.54, 1.807) is 6.92 Å². The minimum Gasteiger partial charge on any atom is -0.507 e. The Morgan fingerprint density at radius 3 is 2.51 bits per heavy atom. The number of phenols is 1. The molecule has 1 fully saturated rings. The Morgan fingerprint density at radius 2 is 1.88 bits per heavy atom. The number of rotatable bonds is 11. The zero-order valence-corrected chi connectivity index (χ0v) is 23.0. The highest BCUT2D eigenvalue weighted by molar-refractivity contribution is 5.96. The summed E-state index contributed by atoms with van der Waals surface area (Å²) in [4.78, 5) is 28.2. The largest absolute Gasteiger partial charge is 0.507 e. The number of anilines is 1. The lowest BCUT2D eigenvalue weighted by atomic mass is 10.1. The van der Waals surface area contributed by atoms with Crippen molar-refractivity contribution in [3.05, 3.63) is 59.2 Å². The quantitative estimate of drug-likeness (QED) is 0.203. The number of esters is 1. The Morgan fingerprint density at radius 1 is 1.17 bits per heavy atom. The van der Waals surface area contributed by atoms with Crippen molar-refractivity contribution in [3.8, 4) is 11.5 Å². The maximum Gasteiger partial charge on any atom is 0.420 e. The number of nitrogens with zero attached hydrogens (tertiary/aromatic N) is 2. The lowest BCUT2D eigenvalue weighted by Gasteiger charge is -2.30. The first-order valence-electron chi connectivity index (χ1n) is 13.3. The first-order valence-corrected chi connectivity index (χ1v) is 13.3. The monoisotopic (exact) mass is 576 g/mol. The number of benzene rings is 2. The van der Waals surface area contributed by atoms with Crippen LogP contribution in [0.5, 0.6) is 11.5 Å². The maximum atomic E-state index is 14.1. The van der Waals surface area contributed by atoms with E-state index >= 15 is 0 Å². The molecule has 0 bridgehead atoms. The van der Waals surface area contributed by atoms with Crippen molar-refractivity contribution in [2.24, 2.45) is 5.73 Å². The van der Waals surface area contributed by atoms with Crippen molar-refractivity contribution in [2.45, 2.75) is 44.9 Å². The molecule has 41 heavy (non-hydrogen) atoms. The Kier molecular flexibility index (Phi) is 10.8. The highest BCUT2D eigenvalue weighted by Crippen LogP contribution is 2.40. The molecule has 2 aromatic rings. The molecular formula is C29H35F3N4O5. The third kappa shape index (κ3) is 8.97. The van der Waals surface area contributed by atoms with E-state index in [2.05, 4.69) is 4.90 Å². The van der Waals surface area contributed by atoms with Crippen molar-refractivity contribution in [1.29, 1.82) is 5.41 Å². The molecule has 1 amide bonds. The summed E-state index contributed by atoms with van der Waals surface area (Å²) in [5, 5.41) is 17.8. The Bertz CT molecular complexity index is 1270. The number of carbonyl (C=O) groups excluding carboxylic acids is 2. The topological polar surface area (TPSA) is 129 Å². The molecule has 0 aliphatic carbocycles. The second-order valence-electron chi connectivity index (χ2n) is 9.70. The van der Waals surface area contributed by atoms with E-state index < -0.39 is 23.6 Å². The predicted octanol–water partition coefficient (Wildman–Crippen LogP) is 4.56. The number of ether oxygens (including phenoxy) is 2. The summed E-state index contributed by atoms with van der Waals surface area (Å²) >= 11 is 0. The summed E-state index contributed by atoms with van der Waals surface area (Å²) in [5.41, 5.74) is 5.13. The number of amidine groups is 1. The van der Waals surface area contributed by atoms with Crippen molar-refractivity contribution in [2.75, 3.05) is 38.2 Å². The van der Waals surface area contributed by atoms with Crippen LogP contribution in [0.2, 0.25) is 0 Å². The second kappa shape index (κ2) is 14.0. The van der Waals surface area contributed by atoms with Gasteiger partial charge in [0.1, 0.15) is 23.4 Å². The molecule has 2 aromatic carbocycles. The van der Waals surface area contributed by atoms with Crippen LogP contribution in [0.15, 0.2) is 42.5 Å². The molecule has 1 aliphatic heterocycles. The molecule has 1 heterocycles. The number of nitrogens with two attached hydrogens (primary N) is 1. The molecule has 1 saturated heterocycles. The van der Waals surface area contributed by atoms with Crippen LogP contribution in [0, 0.1) is 5.41 Å². The number of hydrogen-bond donors (Lipinski definition) is 3. The van der Waals surface area contributed by atoms with Gasteiger partial charge < -0.3 is 30.1 Å². The average molecular weight is 577 g/mol. The van der Waals surface area contributed by atoms with E-state index in [1.807, 2.05) is 7.05 Å². The molecular weight excluding hydrogens is 541 g/mol. The Hall–Kier alpha value is -4.06. The first kappa shape index (κ1) is 31.5. The fourth-order valence-electron chi connectivity index (χ4n) is 4.36. The third-order valence-electron chi connectivity index (χ3n) is 6.61. The molecule has 0 spiro atoms. The second-order valence-corrected chi connectivity index (χ2v) is 9.70. The summed E-state index contributed by atoms with van der Waals surface area (Å²) in [7, 11) is 1.94. The molecule has 0 radical (unpaired) electrons. The van der Waals surface area contributed by atoms with Crippen LogP contribution >= 0.6 is 0 Å². The summed E-state index contributed by atoms with van der Waals surface area (Å²) in [6.45, 7) is 3.02. The van der Waals surface area contributed by atoms with E-state index in [9.17, 15) is 27.9 Å². The lowest BCUT2D eigenvalue weighted by Crippen LogP contribution is -2.36. The number of nitrogen functional groups attached to an aromatic ring is 1. The van der Waals surface area contributed by atoms with E-state index in [1.165, 1.54) is 42.5 Å². The highest BCUT2D eigenvalue weighted by atomic mass is 19.4. The Balaban J connectivity index is 1.91. The van der Waals surface area contributed by atoms with E-state index in [4.69, 9.17) is 20.6 Å². The predicted molar refractivity (Wildman–Crippen MR) is 149 cm³/mol. The van der Waals surface area contributed by atoms with Gasteiger partial charge in [0.2, 0.25) is 5.91 Å². The number of piperidine rings is 1. The number of carbonyl (C=O) groups is 2. The lowest BCUT2D eigenvalue weighted by molar-refractivity contribution is -0.144. The van der Waals surface area contributed by atoms with E-state index in [0.717, 1.165) is 11.0 Å². The molecule has 0 atom stereocenters. The van der Waals surface area contributed by atoms with Gasteiger partial charge in [0, 0.05) is 42.9 Å². The standard InChI is InChI=1S/C29H35F3N4O5/c1-3-40-27(39)11-10-26(38)36(14-4-5-19-17-20(28(33)34)6-8-24(19)37)21-7-9-25(23(18-21)29(30,31)32)41-22-12-15-35(2)16-13-22/h4-9,17-18,22,37H,3,10-16H2,1-2H3,(H3,33,34). The number of halogens is 3. The summed E-state index contributed by atoms with van der Waals surface area (Å²) in [6.07, 6.45) is -1.49. The van der Waals surface area contributed by atoms with Gasteiger partial charge in [-0.05, 0) is 63.2 Å². The van der Waals surface area contributed by atoms with Crippen LogP contribution in [0.1, 0.15) is 49.3 Å². The molecule has 12 heteroatoms. The highest BCUT2D eigenvalue weighted by Gasteiger charge is 2.36. The maximum absolute atomic E-state index is 14.1. The van der Waals surface area contributed by atoms with Gasteiger partial charge in [-0.1, -0.05) is 12.2 Å². The number of likely N-dealkylation sites (tertiary alicyclic amines) is 1. The summed E-state index contributed by atoms with van der Waals surface area (Å²) < 4.78 is 53.1. The van der Waals surface area contributed by atoms with Gasteiger partial charge in [-0.15, -0.1) is 0 Å². The van der Waals surface area contributed by atoms with Gasteiger partial charge in [-0.25, -0.2) is 0 Å². The zero-order chi connectivity index (χ0) is 30.2. The van der Waals surface area contributed by atoms with Crippen molar-refractivity contribution in [1.82, 2.24) is 4.90 Å². The minimum atomic E-state index is -4.74. The number of aromatic hydroxyl groups is 1. The number of alkyl halides is 3. The molecule has 3 rings (SSSR count). The number of phenolic OH excluding ortho intramolecular Hbond substituents is 1. The van der Waals surface area contributed by atoms with Gasteiger partial charge in [0.25, 0.3) is 0 Å². The van der Waals surface area contributed by atoms with Crippen LogP contribution in [0.3, 0.4) is 0 Å². The van der Waals surface area contributed by atoms with Crippen LogP contribution < -0.4 is 15.4 Å². The third-order valence-corrected chi connectivity index (χ3v) is 6.61. The fourth-order valence-corrected chi connectivity index (χ4v) is 4.36. The van der Waals surface area contributed by atoms with Crippen LogP contribution in [-0.2, 0) is 20.5 Å². The van der Waals surface area contributed by atoms with Gasteiger partial charge >= 0.3 is 12.1 Å². The SMILES string of the molecule is CCOC(=O)CCC(=O)N(CC=Cc1cc(C(=N)N)ccc1O)c1ccc(OC2CCN(C)CC2)c(C(F)(F)F)c1. The number of hydrogen-bond acceptors (Lipinski definition) is 7. The van der Waals surface area contributed by atoms with Crippen molar-refractivity contribution in [3.63, 3.8) is 0 Å². The van der Waals surface area contributed by atoms with E-state index in [-0.39, 0.29) is 55.1 Å². The first-order chi connectivity index (χ1) is 19.4. The smallest absolute Gasteiger partial charge is 0.420 e. The molecule has 0 aromatic heterocycles. The summed E-state index contributed by atoms with van der Waals surface area (Å²) in [6, 6.07) is 7.76. The molecule has 0 saturated carbocycles.